The highest BCUT2D eigenvalue weighted by molar-refractivity contribution is 5.86. The summed E-state index contributed by atoms with van der Waals surface area (Å²) in [6.07, 6.45) is 0.338. The summed E-state index contributed by atoms with van der Waals surface area (Å²) >= 11 is 0. The van der Waals surface area contributed by atoms with Gasteiger partial charge in [-0.3, -0.25) is 14.4 Å². The van der Waals surface area contributed by atoms with Crippen LogP contribution in [0.3, 0.4) is 0 Å². The maximum Gasteiger partial charge on any atom is 0.308 e. The molecule has 0 fully saturated rings. The molecule has 6 nitrogen and oxygen atoms in total. The quantitative estimate of drug-likeness (QED) is 0.483. The Bertz CT molecular complexity index is 477. The fourth-order valence-corrected chi connectivity index (χ4v) is 1.17. The zero-order chi connectivity index (χ0) is 13.0. The van der Waals surface area contributed by atoms with Gasteiger partial charge in [0.1, 0.15) is 17.2 Å². The summed E-state index contributed by atoms with van der Waals surface area (Å²) < 4.78 is 9.43. The van der Waals surface area contributed by atoms with Crippen molar-refractivity contribution in [2.75, 3.05) is 0 Å². The lowest BCUT2D eigenvalue weighted by Gasteiger charge is -2.09. The molecule has 0 amide bonds. The Balaban J connectivity index is 3.22. The van der Waals surface area contributed by atoms with Crippen molar-refractivity contribution in [2.45, 2.75) is 13.8 Å². The lowest BCUT2D eigenvalue weighted by molar-refractivity contribution is -0.132. The molecule has 0 atom stereocenters. The molecule has 1 N–H and O–H groups in total. The van der Waals surface area contributed by atoms with Crippen LogP contribution in [0, 0.1) is 0 Å². The van der Waals surface area contributed by atoms with Crippen molar-refractivity contribution >= 4 is 18.2 Å². The first-order valence-electron chi connectivity index (χ1n) is 4.63. The van der Waals surface area contributed by atoms with Crippen LogP contribution in [0.15, 0.2) is 12.1 Å². The predicted octanol–water partition coefficient (Wildman–Crippen LogP) is 1.06. The molecule has 0 unspecified atom stereocenters. The number of rotatable bonds is 3. The molecular weight excluding hydrogens is 231 g/mol. The van der Waals surface area contributed by atoms with Gasteiger partial charge in [-0.15, -0.1) is 0 Å². The van der Waals surface area contributed by atoms with Crippen LogP contribution in [-0.2, 0) is 9.59 Å². The fraction of sp³-hybridized carbons (Fsp3) is 0.182. The third kappa shape index (κ3) is 3.30. The largest absolute Gasteiger partial charge is 0.507 e. The molecule has 1 aromatic carbocycles. The van der Waals surface area contributed by atoms with E-state index in [0.29, 0.717) is 6.29 Å². The van der Waals surface area contributed by atoms with E-state index >= 15 is 0 Å². The summed E-state index contributed by atoms with van der Waals surface area (Å²) in [6, 6.07) is 2.25. The van der Waals surface area contributed by atoms with Crippen molar-refractivity contribution in [1.82, 2.24) is 0 Å². The number of esters is 2. The molecule has 1 aromatic rings. The Hall–Kier alpha value is -2.37. The molecule has 0 spiro atoms. The summed E-state index contributed by atoms with van der Waals surface area (Å²) in [6.45, 7) is 2.32. The second-order valence-corrected chi connectivity index (χ2v) is 3.16. The lowest BCUT2D eigenvalue weighted by atomic mass is 10.5. The van der Waals surface area contributed by atoms with Gasteiger partial charge in [0.05, 0.1) is 5.56 Å². The Morgan fingerprint density at radius 1 is 1.18 bits per heavy atom. The average molecular weight is 241 g/mol. The molecule has 0 saturated carbocycles. The van der Waals surface area contributed by atoms with Crippen LogP contribution >= 0.6 is 0 Å². The van der Waals surface area contributed by atoms with Crippen LogP contribution in [-0.4, -0.2) is 23.3 Å². The summed E-state index contributed by atoms with van der Waals surface area (Å²) in [7, 11) is 0. The standard InChI is InChI=1S/C11H10O6/c1-6(13)16-8-3-10(15)9(5-12)11(4-8)17-7(2)14/h3-5,15H,1-2H3/i8+1,10+1,11+1. The minimum absolute atomic E-state index is 0.0168. The number of carbonyl (C=O) groups is 3. The molecule has 17 heavy (non-hydrogen) atoms. The Labute approximate surface area is 96.8 Å². The fourth-order valence-electron chi connectivity index (χ4n) is 1.17. The van der Waals surface area contributed by atoms with E-state index < -0.39 is 17.7 Å². The highest BCUT2D eigenvalue weighted by atomic mass is 16.6. The van der Waals surface area contributed by atoms with Crippen molar-refractivity contribution in [3.8, 4) is 17.2 Å². The monoisotopic (exact) mass is 241 g/mol. The Kier molecular flexibility index (Phi) is 3.82. The van der Waals surface area contributed by atoms with E-state index in [1.807, 2.05) is 0 Å². The summed E-state index contributed by atoms with van der Waals surface area (Å²) in [5.41, 5.74) is -0.184. The van der Waals surface area contributed by atoms with Crippen LogP contribution in [0.4, 0.5) is 0 Å². The van der Waals surface area contributed by atoms with E-state index in [4.69, 9.17) is 9.47 Å². The van der Waals surface area contributed by atoms with Gasteiger partial charge in [0.2, 0.25) is 0 Å². The highest BCUT2D eigenvalue weighted by Gasteiger charge is 2.14. The molecule has 0 aliphatic heterocycles. The third-order valence-electron chi connectivity index (χ3n) is 1.73. The molecule has 0 saturated heterocycles. The molecule has 0 aliphatic rings. The summed E-state index contributed by atoms with van der Waals surface area (Å²) in [5, 5.41) is 9.48. The van der Waals surface area contributed by atoms with E-state index in [-0.39, 0.29) is 17.1 Å². The summed E-state index contributed by atoms with van der Waals surface area (Å²) in [4.78, 5) is 32.2. The van der Waals surface area contributed by atoms with Crippen molar-refractivity contribution in [2.24, 2.45) is 0 Å². The SMILES string of the molecule is CC(=O)O[13c]1c[13c](O)c(C=O)[13c](OC(C)=O)c1. The zero-order valence-corrected chi connectivity index (χ0v) is 9.22. The van der Waals surface area contributed by atoms with Gasteiger partial charge in [-0.25, -0.2) is 0 Å². The first-order valence-corrected chi connectivity index (χ1v) is 4.63. The first kappa shape index (κ1) is 12.7. The average Bonchev–Trinajstić information content (AvgIpc) is 2.14. The van der Waals surface area contributed by atoms with Crippen molar-refractivity contribution in [3.63, 3.8) is 0 Å². The van der Waals surface area contributed by atoms with E-state index in [9.17, 15) is 19.5 Å². The number of phenols is 1. The third-order valence-corrected chi connectivity index (χ3v) is 1.73. The molecule has 0 bridgehead atoms. The zero-order valence-electron chi connectivity index (χ0n) is 9.22. The number of hydrogen-bond donors (Lipinski definition) is 1. The smallest absolute Gasteiger partial charge is 0.308 e. The van der Waals surface area contributed by atoms with Crippen molar-refractivity contribution in [1.29, 1.82) is 0 Å². The van der Waals surface area contributed by atoms with Gasteiger partial charge in [-0.2, -0.15) is 0 Å². The van der Waals surface area contributed by atoms with Gasteiger partial charge in [0.15, 0.2) is 6.29 Å². The number of aldehydes is 1. The van der Waals surface area contributed by atoms with Gasteiger partial charge < -0.3 is 14.6 Å². The van der Waals surface area contributed by atoms with Gasteiger partial charge in [-0.1, -0.05) is 0 Å². The summed E-state index contributed by atoms with van der Waals surface area (Å²) in [5.74, 6) is -1.87. The molecule has 0 aliphatic carbocycles. The van der Waals surface area contributed by atoms with Crippen molar-refractivity contribution < 1.29 is 29.0 Å². The van der Waals surface area contributed by atoms with Crippen molar-refractivity contribution in [3.05, 3.63) is 17.7 Å². The minimum atomic E-state index is -0.660. The minimum Gasteiger partial charge on any atom is -0.507 e. The molecule has 90 valence electrons. The van der Waals surface area contributed by atoms with Gasteiger partial charge in [0.25, 0.3) is 0 Å². The highest BCUT2D eigenvalue weighted by Crippen LogP contribution is 2.32. The van der Waals surface area contributed by atoms with Gasteiger partial charge >= 0.3 is 11.9 Å². The second-order valence-electron chi connectivity index (χ2n) is 3.16. The van der Waals surface area contributed by atoms with E-state index in [1.54, 1.807) is 0 Å². The number of aromatic hydroxyl groups is 1. The number of ether oxygens (including phenoxy) is 2. The van der Waals surface area contributed by atoms with Gasteiger partial charge in [0, 0.05) is 26.0 Å². The number of phenolic OH excluding ortho intramolecular Hbond substituents is 1. The lowest BCUT2D eigenvalue weighted by Crippen LogP contribution is -2.06. The normalized spacial score (nSPS) is 9.53. The van der Waals surface area contributed by atoms with Crippen LogP contribution in [0.5, 0.6) is 17.2 Å². The number of hydrogen-bond acceptors (Lipinski definition) is 6. The second kappa shape index (κ2) is 5.11. The Morgan fingerprint density at radius 3 is 2.24 bits per heavy atom. The number of benzene rings is 1. The molecule has 1 rings (SSSR count). The maximum absolute atomic E-state index is 10.8. The van der Waals surface area contributed by atoms with Gasteiger partial charge in [-0.05, 0) is 0 Å². The van der Waals surface area contributed by atoms with Crippen LogP contribution in [0.25, 0.3) is 0 Å². The molecule has 0 heterocycles. The first-order chi connectivity index (χ1) is 7.93. The van der Waals surface area contributed by atoms with Crippen LogP contribution in [0.1, 0.15) is 24.2 Å². The predicted molar refractivity (Wildman–Crippen MR) is 56.1 cm³/mol. The van der Waals surface area contributed by atoms with E-state index in [1.165, 1.54) is 13.0 Å². The maximum atomic E-state index is 10.8. The molecule has 0 radical (unpaired) electrons. The van der Waals surface area contributed by atoms with E-state index in [2.05, 4.69) is 0 Å². The van der Waals surface area contributed by atoms with Crippen LogP contribution < -0.4 is 9.47 Å². The molecule has 6 heteroatoms. The van der Waals surface area contributed by atoms with E-state index in [0.717, 1.165) is 13.0 Å². The molecule has 0 aromatic heterocycles. The Morgan fingerprint density at radius 2 is 1.76 bits per heavy atom. The topological polar surface area (TPSA) is 89.9 Å². The number of carbonyl (C=O) groups excluding carboxylic acids is 3. The van der Waals surface area contributed by atoms with Crippen LogP contribution in [0.2, 0.25) is 0 Å². The molecular formula is C11H10O6.